The van der Waals surface area contributed by atoms with E-state index in [9.17, 15) is 14.7 Å². The fraction of sp³-hybridized carbons (Fsp3) is 0.917. The summed E-state index contributed by atoms with van der Waals surface area (Å²) in [7, 11) is 3.24. The van der Waals surface area contributed by atoms with E-state index in [2.05, 4.69) is 5.32 Å². The SMILES string of the molecule is COC(C)(C)COC(C)(C)CCOCC(NC(=O)OCCC(C)(C)OCC(C)(C)OC)C(=O)O. The van der Waals surface area contributed by atoms with Crippen LogP contribution in [0.5, 0.6) is 0 Å². The summed E-state index contributed by atoms with van der Waals surface area (Å²) in [6, 6.07) is -1.23. The smallest absolute Gasteiger partial charge is 0.407 e. The molecule has 0 saturated heterocycles. The van der Waals surface area contributed by atoms with Gasteiger partial charge in [-0.05, 0) is 61.8 Å². The third-order valence-corrected chi connectivity index (χ3v) is 5.39. The zero-order valence-corrected chi connectivity index (χ0v) is 22.7. The van der Waals surface area contributed by atoms with E-state index in [4.69, 9.17) is 28.4 Å². The first-order chi connectivity index (χ1) is 15.4. The number of carbonyl (C=O) groups excluding carboxylic acids is 1. The van der Waals surface area contributed by atoms with Crippen molar-refractivity contribution in [1.82, 2.24) is 5.32 Å². The monoisotopic (exact) mass is 493 g/mol. The van der Waals surface area contributed by atoms with Crippen LogP contribution >= 0.6 is 0 Å². The lowest BCUT2D eigenvalue weighted by Gasteiger charge is -2.31. The Morgan fingerprint density at radius 2 is 1.21 bits per heavy atom. The number of hydrogen-bond donors (Lipinski definition) is 2. The minimum Gasteiger partial charge on any atom is -0.480 e. The van der Waals surface area contributed by atoms with Crippen molar-refractivity contribution in [3.63, 3.8) is 0 Å². The number of ether oxygens (including phenoxy) is 6. The fourth-order valence-electron chi connectivity index (χ4n) is 2.27. The van der Waals surface area contributed by atoms with Crippen LogP contribution in [0.25, 0.3) is 0 Å². The lowest BCUT2D eigenvalue weighted by atomic mass is 10.0. The third-order valence-electron chi connectivity index (χ3n) is 5.39. The van der Waals surface area contributed by atoms with Crippen molar-refractivity contribution in [1.29, 1.82) is 0 Å². The molecule has 34 heavy (non-hydrogen) atoms. The normalized spacial score (nSPS) is 14.1. The van der Waals surface area contributed by atoms with Crippen LogP contribution in [0.1, 0.15) is 68.2 Å². The van der Waals surface area contributed by atoms with E-state index in [1.807, 2.05) is 55.4 Å². The van der Waals surface area contributed by atoms with E-state index in [1.165, 1.54) is 0 Å². The Morgan fingerprint density at radius 1 is 0.765 bits per heavy atom. The summed E-state index contributed by atoms with van der Waals surface area (Å²) in [5.74, 6) is -1.21. The molecule has 0 aromatic carbocycles. The van der Waals surface area contributed by atoms with Crippen LogP contribution in [0.4, 0.5) is 4.79 Å². The van der Waals surface area contributed by atoms with Crippen LogP contribution < -0.4 is 5.32 Å². The number of methoxy groups -OCH3 is 2. The second-order valence-electron chi connectivity index (χ2n) is 10.8. The number of alkyl carbamates (subject to hydrolysis) is 1. The van der Waals surface area contributed by atoms with Crippen LogP contribution in [-0.2, 0) is 33.2 Å². The number of carboxylic acid groups (broad SMARTS) is 1. The molecule has 0 fully saturated rings. The van der Waals surface area contributed by atoms with E-state index in [-0.39, 0.29) is 19.8 Å². The van der Waals surface area contributed by atoms with Gasteiger partial charge in [0.2, 0.25) is 0 Å². The zero-order valence-electron chi connectivity index (χ0n) is 22.7. The number of aliphatic carboxylic acids is 1. The predicted octanol–water partition coefficient (Wildman–Crippen LogP) is 3.40. The molecule has 0 aliphatic carbocycles. The Bertz CT molecular complexity index is 618. The highest BCUT2D eigenvalue weighted by Crippen LogP contribution is 2.20. The van der Waals surface area contributed by atoms with Gasteiger partial charge in [0.15, 0.2) is 6.04 Å². The zero-order chi connectivity index (χ0) is 26.6. The molecule has 1 atom stereocenters. The average molecular weight is 494 g/mol. The highest BCUT2D eigenvalue weighted by atomic mass is 16.6. The molecule has 0 heterocycles. The number of nitrogens with one attached hydrogen (secondary N) is 1. The van der Waals surface area contributed by atoms with Crippen molar-refractivity contribution in [3.05, 3.63) is 0 Å². The van der Waals surface area contributed by atoms with E-state index >= 15 is 0 Å². The third kappa shape index (κ3) is 15.4. The average Bonchev–Trinajstić information content (AvgIpc) is 2.73. The van der Waals surface area contributed by atoms with Crippen molar-refractivity contribution in [2.75, 3.05) is 47.3 Å². The van der Waals surface area contributed by atoms with Gasteiger partial charge in [-0.2, -0.15) is 0 Å². The van der Waals surface area contributed by atoms with Crippen molar-refractivity contribution in [2.45, 2.75) is 96.7 Å². The molecule has 1 amide bonds. The Labute approximate surface area is 204 Å². The molecule has 0 rings (SSSR count). The molecule has 2 N–H and O–H groups in total. The summed E-state index contributed by atoms with van der Waals surface area (Å²) >= 11 is 0. The Kier molecular flexibility index (Phi) is 13.6. The van der Waals surface area contributed by atoms with Gasteiger partial charge < -0.3 is 38.8 Å². The second-order valence-corrected chi connectivity index (χ2v) is 10.8. The van der Waals surface area contributed by atoms with Gasteiger partial charge in [0, 0.05) is 27.2 Å². The number of rotatable bonds is 18. The van der Waals surface area contributed by atoms with Crippen molar-refractivity contribution < 1.29 is 43.1 Å². The van der Waals surface area contributed by atoms with Crippen LogP contribution in [-0.4, -0.2) is 92.9 Å². The first kappa shape index (κ1) is 32.5. The Morgan fingerprint density at radius 3 is 1.62 bits per heavy atom. The number of amides is 1. The maximum absolute atomic E-state index is 12.1. The molecule has 10 heteroatoms. The first-order valence-corrected chi connectivity index (χ1v) is 11.6. The summed E-state index contributed by atoms with van der Waals surface area (Å²) in [5.41, 5.74) is -1.85. The van der Waals surface area contributed by atoms with E-state index < -0.39 is 40.5 Å². The van der Waals surface area contributed by atoms with Crippen LogP contribution in [0, 0.1) is 0 Å². The maximum atomic E-state index is 12.1. The van der Waals surface area contributed by atoms with Crippen molar-refractivity contribution >= 4 is 12.1 Å². The molecule has 0 aliphatic heterocycles. The van der Waals surface area contributed by atoms with Gasteiger partial charge in [-0.15, -0.1) is 0 Å². The van der Waals surface area contributed by atoms with E-state index in [1.54, 1.807) is 14.2 Å². The molecule has 0 aromatic heterocycles. The van der Waals surface area contributed by atoms with Crippen LogP contribution in [0.2, 0.25) is 0 Å². The van der Waals surface area contributed by atoms with Gasteiger partial charge in [-0.3, -0.25) is 0 Å². The molecular weight excluding hydrogens is 446 g/mol. The second kappa shape index (κ2) is 14.2. The first-order valence-electron chi connectivity index (χ1n) is 11.6. The highest BCUT2D eigenvalue weighted by molar-refractivity contribution is 5.79. The lowest BCUT2D eigenvalue weighted by molar-refractivity contribution is -0.141. The van der Waals surface area contributed by atoms with Gasteiger partial charge in [-0.1, -0.05) is 0 Å². The highest BCUT2D eigenvalue weighted by Gasteiger charge is 2.27. The van der Waals surface area contributed by atoms with Gasteiger partial charge in [0.1, 0.15) is 0 Å². The van der Waals surface area contributed by atoms with Gasteiger partial charge >= 0.3 is 12.1 Å². The summed E-state index contributed by atoms with van der Waals surface area (Å²) in [4.78, 5) is 23.6. The van der Waals surface area contributed by atoms with Gasteiger partial charge in [0.25, 0.3) is 0 Å². The van der Waals surface area contributed by atoms with Crippen molar-refractivity contribution in [3.8, 4) is 0 Å². The molecule has 0 aliphatic rings. The number of carboxylic acids is 1. The Balaban J connectivity index is 4.37. The summed E-state index contributed by atoms with van der Waals surface area (Å²) in [5, 5.41) is 11.7. The van der Waals surface area contributed by atoms with E-state index in [0.29, 0.717) is 26.1 Å². The molecular formula is C24H47NO9. The molecule has 10 nitrogen and oxygen atoms in total. The summed E-state index contributed by atoms with van der Waals surface area (Å²) in [6.07, 6.45) is 0.150. The molecule has 0 spiro atoms. The van der Waals surface area contributed by atoms with Gasteiger partial charge in [0.05, 0.1) is 48.8 Å². The fourth-order valence-corrected chi connectivity index (χ4v) is 2.27. The minimum absolute atomic E-state index is 0.0722. The quantitative estimate of drug-likeness (QED) is 0.277. The van der Waals surface area contributed by atoms with Crippen molar-refractivity contribution in [2.24, 2.45) is 0 Å². The lowest BCUT2D eigenvalue weighted by Crippen LogP contribution is -2.45. The molecule has 1 unspecified atom stereocenters. The molecule has 202 valence electrons. The van der Waals surface area contributed by atoms with Crippen LogP contribution in [0.3, 0.4) is 0 Å². The number of hydrogen-bond acceptors (Lipinski definition) is 8. The summed E-state index contributed by atoms with van der Waals surface area (Å²) < 4.78 is 33.0. The standard InChI is InChI=1S/C24H47NO9/c1-21(2,33-16-23(5,6)29-9)11-13-31-15-18(19(26)27)25-20(28)32-14-12-22(3,4)34-17-24(7,8)30-10/h18H,11-17H2,1-10H3,(H,25,28)(H,26,27). The maximum Gasteiger partial charge on any atom is 0.407 e. The molecule has 0 aromatic rings. The molecule has 0 bridgehead atoms. The summed E-state index contributed by atoms with van der Waals surface area (Å²) in [6.45, 7) is 16.2. The topological polar surface area (TPSA) is 122 Å². The van der Waals surface area contributed by atoms with Crippen LogP contribution in [0.15, 0.2) is 0 Å². The molecule has 0 saturated carbocycles. The minimum atomic E-state index is -1.23. The predicted molar refractivity (Wildman–Crippen MR) is 128 cm³/mol. The van der Waals surface area contributed by atoms with Gasteiger partial charge in [-0.25, -0.2) is 9.59 Å². The van der Waals surface area contributed by atoms with E-state index in [0.717, 1.165) is 0 Å². The largest absolute Gasteiger partial charge is 0.480 e. The Hall–Kier alpha value is -1.46. The number of carbonyl (C=O) groups is 2. The molecule has 0 radical (unpaired) electrons.